The summed E-state index contributed by atoms with van der Waals surface area (Å²) in [7, 11) is 0. The maximum Gasteiger partial charge on any atom is 0.216 e. The molecule has 0 unspecified atom stereocenters. The molecule has 6 heteroatoms. The van der Waals surface area contributed by atoms with Crippen molar-refractivity contribution in [1.82, 2.24) is 9.97 Å². The normalized spacial score (nSPS) is 31.5. The van der Waals surface area contributed by atoms with E-state index in [0.717, 1.165) is 38.5 Å². The lowest BCUT2D eigenvalue weighted by atomic mass is 9.76. The largest absolute Gasteiger partial charge is 0.390 e. The third-order valence-corrected chi connectivity index (χ3v) is 6.36. The Morgan fingerprint density at radius 1 is 0.800 bits per heavy atom. The minimum atomic E-state index is -0.648. The molecule has 0 saturated heterocycles. The first kappa shape index (κ1) is 22.8. The minimum absolute atomic E-state index is 0.113. The molecule has 2 N–H and O–H groups in total. The number of aliphatic hydroxyl groups is 2. The Kier molecular flexibility index (Phi) is 7.19. The van der Waals surface area contributed by atoms with Gasteiger partial charge in [0.2, 0.25) is 11.9 Å². The number of nitrogens with zero attached hydrogens (tertiary/aromatic N) is 2. The van der Waals surface area contributed by atoms with Crippen LogP contribution in [0.4, 0.5) is 8.78 Å². The highest BCUT2D eigenvalue weighted by Gasteiger charge is 2.32. The van der Waals surface area contributed by atoms with E-state index in [1.807, 2.05) is 13.8 Å². The van der Waals surface area contributed by atoms with Crippen LogP contribution in [-0.2, 0) is 0 Å². The summed E-state index contributed by atoms with van der Waals surface area (Å²) >= 11 is 0. The van der Waals surface area contributed by atoms with Crippen molar-refractivity contribution in [3.63, 3.8) is 0 Å². The van der Waals surface area contributed by atoms with Crippen LogP contribution in [0.25, 0.3) is 0 Å². The van der Waals surface area contributed by atoms with Gasteiger partial charge >= 0.3 is 0 Å². The Morgan fingerprint density at radius 3 is 1.53 bits per heavy atom. The molecular weight excluding hydrogens is 386 g/mol. The first-order valence-electron chi connectivity index (χ1n) is 10.8. The molecule has 2 heterocycles. The fourth-order valence-electron chi connectivity index (χ4n) is 4.87. The molecule has 0 radical (unpaired) electrons. The predicted octanol–water partition coefficient (Wildman–Crippen LogP) is 5.26. The van der Waals surface area contributed by atoms with Crippen LogP contribution >= 0.6 is 0 Å². The molecule has 0 bridgehead atoms. The van der Waals surface area contributed by atoms with Crippen molar-refractivity contribution in [1.29, 1.82) is 0 Å². The summed E-state index contributed by atoms with van der Waals surface area (Å²) in [5.74, 6) is -0.551. The van der Waals surface area contributed by atoms with Crippen LogP contribution in [0.1, 0.15) is 88.2 Å². The summed E-state index contributed by atoms with van der Waals surface area (Å²) in [6.45, 7) is 3.65. The van der Waals surface area contributed by atoms with Crippen molar-refractivity contribution in [3.05, 3.63) is 59.7 Å². The Balaban J connectivity index is 0.000000171. The van der Waals surface area contributed by atoms with Gasteiger partial charge in [-0.25, -0.2) is 9.97 Å². The van der Waals surface area contributed by atoms with Gasteiger partial charge in [-0.1, -0.05) is 12.1 Å². The van der Waals surface area contributed by atoms with Gasteiger partial charge in [0, 0.05) is 23.5 Å². The summed E-state index contributed by atoms with van der Waals surface area (Å²) < 4.78 is 26.9. The molecule has 30 heavy (non-hydrogen) atoms. The highest BCUT2D eigenvalue weighted by atomic mass is 19.1. The van der Waals surface area contributed by atoms with Crippen LogP contribution < -0.4 is 0 Å². The molecule has 0 amide bonds. The molecule has 4 nitrogen and oxygen atoms in total. The number of halogens is 2. The number of pyridine rings is 2. The molecule has 0 spiro atoms. The minimum Gasteiger partial charge on any atom is -0.390 e. The molecule has 4 rings (SSSR count). The first-order valence-corrected chi connectivity index (χ1v) is 10.8. The number of aromatic nitrogens is 2. The van der Waals surface area contributed by atoms with Gasteiger partial charge in [0.15, 0.2) is 0 Å². The van der Waals surface area contributed by atoms with Crippen molar-refractivity contribution < 1.29 is 19.0 Å². The average molecular weight is 419 g/mol. The van der Waals surface area contributed by atoms with Gasteiger partial charge in [0.05, 0.1) is 11.2 Å². The van der Waals surface area contributed by atoms with E-state index in [4.69, 9.17) is 0 Å². The topological polar surface area (TPSA) is 66.2 Å². The van der Waals surface area contributed by atoms with Gasteiger partial charge in [-0.05, 0) is 89.2 Å². The van der Waals surface area contributed by atoms with E-state index < -0.39 is 11.2 Å². The zero-order valence-electron chi connectivity index (χ0n) is 17.8. The zero-order valence-corrected chi connectivity index (χ0v) is 17.8. The van der Waals surface area contributed by atoms with E-state index in [-0.39, 0.29) is 23.7 Å². The SMILES string of the molecule is C[C@@]1(O)CCC[C@H](c2cccnc2F)C1.C[C@]1(O)CCC[C@H](c2cccnc2F)C1. The monoisotopic (exact) mass is 418 g/mol. The Bertz CT molecular complexity index is 772. The van der Waals surface area contributed by atoms with Crippen LogP contribution in [0.15, 0.2) is 36.7 Å². The maximum absolute atomic E-state index is 13.4. The molecule has 2 aromatic rings. The van der Waals surface area contributed by atoms with Crippen molar-refractivity contribution in [2.75, 3.05) is 0 Å². The average Bonchev–Trinajstić information content (AvgIpc) is 2.68. The second kappa shape index (κ2) is 9.48. The highest BCUT2D eigenvalue weighted by molar-refractivity contribution is 5.19. The standard InChI is InChI=1S/2C12H16FNO/c2*1-12(15)6-2-4-9(8-12)10-5-3-7-14-11(10)13/h2*3,5,7,9,15H,2,4,6,8H2,1H3/t9-,12+;9-,12-/m00/s1. The van der Waals surface area contributed by atoms with E-state index in [1.165, 1.54) is 12.4 Å². The number of hydrogen-bond donors (Lipinski definition) is 2. The van der Waals surface area contributed by atoms with E-state index in [1.54, 1.807) is 24.3 Å². The molecule has 0 aromatic carbocycles. The fourth-order valence-corrected chi connectivity index (χ4v) is 4.87. The van der Waals surface area contributed by atoms with Gasteiger partial charge < -0.3 is 10.2 Å². The van der Waals surface area contributed by atoms with Crippen LogP contribution in [0.3, 0.4) is 0 Å². The lowest BCUT2D eigenvalue weighted by molar-refractivity contribution is 0.0134. The van der Waals surface area contributed by atoms with Crippen LogP contribution in [0.5, 0.6) is 0 Å². The molecule has 2 aliphatic rings. The number of rotatable bonds is 2. The van der Waals surface area contributed by atoms with E-state index in [2.05, 4.69) is 9.97 Å². The second-order valence-electron chi connectivity index (χ2n) is 9.35. The van der Waals surface area contributed by atoms with Crippen LogP contribution in [-0.4, -0.2) is 31.4 Å². The Labute approximate surface area is 177 Å². The quantitative estimate of drug-likeness (QED) is 0.653. The Hall–Kier alpha value is -1.92. The van der Waals surface area contributed by atoms with E-state index in [9.17, 15) is 19.0 Å². The van der Waals surface area contributed by atoms with Crippen molar-refractivity contribution in [2.24, 2.45) is 0 Å². The van der Waals surface area contributed by atoms with E-state index in [0.29, 0.717) is 24.0 Å². The highest BCUT2D eigenvalue weighted by Crippen LogP contribution is 2.39. The summed E-state index contributed by atoms with van der Waals surface area (Å²) in [6, 6.07) is 7.05. The van der Waals surface area contributed by atoms with Crippen molar-refractivity contribution in [2.45, 2.75) is 88.3 Å². The molecule has 2 saturated carbocycles. The first-order chi connectivity index (χ1) is 14.2. The lowest BCUT2D eigenvalue weighted by Crippen LogP contribution is -2.31. The summed E-state index contributed by atoms with van der Waals surface area (Å²) in [4.78, 5) is 7.31. The van der Waals surface area contributed by atoms with Gasteiger partial charge in [0.25, 0.3) is 0 Å². The van der Waals surface area contributed by atoms with E-state index >= 15 is 0 Å². The van der Waals surface area contributed by atoms with Gasteiger partial charge in [-0.2, -0.15) is 8.78 Å². The van der Waals surface area contributed by atoms with Gasteiger partial charge in [-0.15, -0.1) is 0 Å². The number of hydrogen-bond acceptors (Lipinski definition) is 4. The molecule has 2 aliphatic carbocycles. The molecule has 4 atom stereocenters. The van der Waals surface area contributed by atoms with Gasteiger partial charge in [-0.3, -0.25) is 0 Å². The summed E-state index contributed by atoms with van der Waals surface area (Å²) in [5.41, 5.74) is 0.00564. The Morgan fingerprint density at radius 2 is 1.20 bits per heavy atom. The summed E-state index contributed by atoms with van der Waals surface area (Å²) in [5, 5.41) is 19.9. The predicted molar refractivity (Wildman–Crippen MR) is 112 cm³/mol. The molecule has 0 aliphatic heterocycles. The summed E-state index contributed by atoms with van der Waals surface area (Å²) in [6.07, 6.45) is 9.59. The molecular formula is C24H32F2N2O2. The molecule has 164 valence electrons. The van der Waals surface area contributed by atoms with Gasteiger partial charge in [0.1, 0.15) is 0 Å². The lowest BCUT2D eigenvalue weighted by Gasteiger charge is -2.34. The fraction of sp³-hybridized carbons (Fsp3) is 0.583. The smallest absolute Gasteiger partial charge is 0.216 e. The third kappa shape index (κ3) is 6.05. The second-order valence-corrected chi connectivity index (χ2v) is 9.35. The van der Waals surface area contributed by atoms with Crippen LogP contribution in [0.2, 0.25) is 0 Å². The van der Waals surface area contributed by atoms with Crippen molar-refractivity contribution in [3.8, 4) is 0 Å². The maximum atomic E-state index is 13.4. The van der Waals surface area contributed by atoms with Crippen LogP contribution in [0, 0.1) is 11.9 Å². The molecule has 2 aromatic heterocycles. The third-order valence-electron chi connectivity index (χ3n) is 6.36. The van der Waals surface area contributed by atoms with Crippen molar-refractivity contribution >= 4 is 0 Å². The molecule has 2 fully saturated rings. The zero-order chi connectivity index (χ0) is 21.8.